The van der Waals surface area contributed by atoms with Gasteiger partial charge in [0.25, 0.3) is 5.91 Å². The Bertz CT molecular complexity index is 306. The van der Waals surface area contributed by atoms with Crippen LogP contribution >= 0.6 is 0 Å². The van der Waals surface area contributed by atoms with Gasteiger partial charge in [-0.15, -0.1) is 0 Å². The molecule has 1 N–H and O–H groups in total. The van der Waals surface area contributed by atoms with Crippen LogP contribution in [0.2, 0.25) is 0 Å². The van der Waals surface area contributed by atoms with E-state index in [0.29, 0.717) is 18.4 Å². The van der Waals surface area contributed by atoms with Crippen LogP contribution in [-0.4, -0.2) is 11.4 Å². The molecule has 4 heteroatoms. The van der Waals surface area contributed by atoms with E-state index in [1.54, 1.807) is 0 Å². The van der Waals surface area contributed by atoms with Gasteiger partial charge in [-0.1, -0.05) is 0 Å². The van der Waals surface area contributed by atoms with Crippen molar-refractivity contribution in [3.63, 3.8) is 0 Å². The van der Waals surface area contributed by atoms with Crippen LogP contribution in [0.25, 0.3) is 0 Å². The topological polar surface area (TPSA) is 52.9 Å². The summed E-state index contributed by atoms with van der Waals surface area (Å²) in [7, 11) is 0. The SMILES string of the molecule is CC(C)=C(F)C(=O)NC1(C#N)CC1. The highest BCUT2D eigenvalue weighted by Crippen LogP contribution is 2.34. The summed E-state index contributed by atoms with van der Waals surface area (Å²) in [6.45, 7) is 3.03. The summed E-state index contributed by atoms with van der Waals surface area (Å²) >= 11 is 0. The van der Waals surface area contributed by atoms with Gasteiger partial charge in [0.2, 0.25) is 0 Å². The van der Waals surface area contributed by atoms with E-state index in [2.05, 4.69) is 5.32 Å². The molecule has 0 spiro atoms. The van der Waals surface area contributed by atoms with Gasteiger partial charge in [0.15, 0.2) is 5.83 Å². The molecule has 0 heterocycles. The summed E-state index contributed by atoms with van der Waals surface area (Å²) in [6, 6.07) is 1.96. The van der Waals surface area contributed by atoms with Gasteiger partial charge < -0.3 is 5.32 Å². The summed E-state index contributed by atoms with van der Waals surface area (Å²) < 4.78 is 13.0. The van der Waals surface area contributed by atoms with Crippen molar-refractivity contribution in [1.82, 2.24) is 5.32 Å². The fourth-order valence-electron chi connectivity index (χ4n) is 0.889. The van der Waals surface area contributed by atoms with Crippen molar-refractivity contribution in [3.8, 4) is 6.07 Å². The zero-order valence-electron chi connectivity index (χ0n) is 7.65. The summed E-state index contributed by atoms with van der Waals surface area (Å²) in [5.41, 5.74) is -0.463. The molecular formula is C9H11FN2O. The monoisotopic (exact) mass is 182 g/mol. The molecular weight excluding hydrogens is 171 g/mol. The van der Waals surface area contributed by atoms with Crippen LogP contribution in [0.4, 0.5) is 4.39 Å². The molecule has 0 aromatic carbocycles. The van der Waals surface area contributed by atoms with E-state index in [4.69, 9.17) is 5.26 Å². The first-order valence-corrected chi connectivity index (χ1v) is 4.07. The number of amides is 1. The van der Waals surface area contributed by atoms with Crippen LogP contribution in [0.1, 0.15) is 26.7 Å². The summed E-state index contributed by atoms with van der Waals surface area (Å²) in [6.07, 6.45) is 1.23. The van der Waals surface area contributed by atoms with Crippen LogP contribution < -0.4 is 5.32 Å². The van der Waals surface area contributed by atoms with E-state index in [1.807, 2.05) is 6.07 Å². The minimum Gasteiger partial charge on any atom is -0.332 e. The lowest BCUT2D eigenvalue weighted by atomic mass is 10.2. The third-order valence-corrected chi connectivity index (χ3v) is 1.96. The van der Waals surface area contributed by atoms with Crippen LogP contribution in [0, 0.1) is 11.3 Å². The Kier molecular flexibility index (Phi) is 2.37. The van der Waals surface area contributed by atoms with Crippen molar-refractivity contribution >= 4 is 5.91 Å². The van der Waals surface area contributed by atoms with Crippen molar-refractivity contribution in [3.05, 3.63) is 11.4 Å². The van der Waals surface area contributed by atoms with E-state index in [-0.39, 0.29) is 0 Å². The zero-order chi connectivity index (χ0) is 10.1. The van der Waals surface area contributed by atoms with Gasteiger partial charge in [0.05, 0.1) is 6.07 Å². The van der Waals surface area contributed by atoms with Crippen molar-refractivity contribution < 1.29 is 9.18 Å². The predicted octanol–water partition coefficient (Wildman–Crippen LogP) is 1.42. The first-order valence-electron chi connectivity index (χ1n) is 4.07. The van der Waals surface area contributed by atoms with Gasteiger partial charge in [-0.25, -0.2) is 4.39 Å². The Morgan fingerprint density at radius 1 is 1.54 bits per heavy atom. The van der Waals surface area contributed by atoms with Gasteiger partial charge in [0.1, 0.15) is 5.54 Å². The standard InChI is InChI=1S/C9H11FN2O/c1-6(2)7(10)8(13)12-9(5-11)3-4-9/h3-4H2,1-2H3,(H,12,13). The molecule has 1 fully saturated rings. The Morgan fingerprint density at radius 2 is 2.08 bits per heavy atom. The third kappa shape index (κ3) is 2.05. The van der Waals surface area contributed by atoms with E-state index >= 15 is 0 Å². The Labute approximate surface area is 76.2 Å². The molecule has 0 unspecified atom stereocenters. The summed E-state index contributed by atoms with van der Waals surface area (Å²) in [5.74, 6) is -1.57. The number of nitrogens with one attached hydrogen (secondary N) is 1. The zero-order valence-corrected chi connectivity index (χ0v) is 7.65. The maximum absolute atomic E-state index is 13.0. The lowest BCUT2D eigenvalue weighted by Crippen LogP contribution is -2.36. The van der Waals surface area contributed by atoms with Gasteiger partial charge in [-0.2, -0.15) is 5.26 Å². The van der Waals surface area contributed by atoms with Crippen LogP contribution in [0.15, 0.2) is 11.4 Å². The molecule has 13 heavy (non-hydrogen) atoms. The Balaban J connectivity index is 2.63. The maximum atomic E-state index is 13.0. The normalized spacial score (nSPS) is 17.1. The maximum Gasteiger partial charge on any atom is 0.281 e. The predicted molar refractivity (Wildman–Crippen MR) is 45.2 cm³/mol. The largest absolute Gasteiger partial charge is 0.332 e. The molecule has 1 rings (SSSR count). The van der Waals surface area contributed by atoms with Crippen molar-refractivity contribution in [2.24, 2.45) is 0 Å². The molecule has 1 amide bonds. The molecule has 0 aromatic rings. The smallest absolute Gasteiger partial charge is 0.281 e. The average molecular weight is 182 g/mol. The van der Waals surface area contributed by atoms with Crippen molar-refractivity contribution in [1.29, 1.82) is 5.26 Å². The molecule has 0 aromatic heterocycles. The van der Waals surface area contributed by atoms with E-state index < -0.39 is 17.3 Å². The molecule has 0 aliphatic heterocycles. The van der Waals surface area contributed by atoms with E-state index in [0.717, 1.165) is 0 Å². The molecule has 70 valence electrons. The summed E-state index contributed by atoms with van der Waals surface area (Å²) in [4.78, 5) is 11.1. The molecule has 1 aliphatic carbocycles. The minimum atomic E-state index is -0.790. The molecule has 3 nitrogen and oxygen atoms in total. The minimum absolute atomic E-state index is 0.325. The quantitative estimate of drug-likeness (QED) is 0.656. The van der Waals surface area contributed by atoms with Crippen LogP contribution in [-0.2, 0) is 4.79 Å². The molecule has 0 saturated heterocycles. The van der Waals surface area contributed by atoms with E-state index in [9.17, 15) is 9.18 Å². The first-order chi connectivity index (χ1) is 6.01. The number of rotatable bonds is 2. The Hall–Kier alpha value is -1.37. The number of carbonyl (C=O) groups excluding carboxylic acids is 1. The van der Waals surface area contributed by atoms with Crippen LogP contribution in [0.5, 0.6) is 0 Å². The molecule has 0 atom stereocenters. The molecule has 1 saturated carbocycles. The summed E-state index contributed by atoms with van der Waals surface area (Å²) in [5, 5.41) is 11.0. The second-order valence-electron chi connectivity index (χ2n) is 3.46. The highest BCUT2D eigenvalue weighted by Gasteiger charge is 2.45. The van der Waals surface area contributed by atoms with Crippen molar-refractivity contribution in [2.75, 3.05) is 0 Å². The van der Waals surface area contributed by atoms with Crippen LogP contribution in [0.3, 0.4) is 0 Å². The number of carbonyl (C=O) groups is 1. The number of nitrogens with zero attached hydrogens (tertiary/aromatic N) is 1. The highest BCUT2D eigenvalue weighted by atomic mass is 19.1. The molecule has 1 aliphatic rings. The lowest BCUT2D eigenvalue weighted by Gasteiger charge is -2.07. The van der Waals surface area contributed by atoms with Gasteiger partial charge >= 0.3 is 0 Å². The highest BCUT2D eigenvalue weighted by molar-refractivity contribution is 5.92. The lowest BCUT2D eigenvalue weighted by molar-refractivity contribution is -0.119. The average Bonchev–Trinajstić information content (AvgIpc) is 2.84. The third-order valence-electron chi connectivity index (χ3n) is 1.96. The van der Waals surface area contributed by atoms with Gasteiger partial charge in [0, 0.05) is 0 Å². The fraction of sp³-hybridized carbons (Fsp3) is 0.556. The number of nitriles is 1. The van der Waals surface area contributed by atoms with E-state index in [1.165, 1.54) is 13.8 Å². The van der Waals surface area contributed by atoms with Gasteiger partial charge in [-0.3, -0.25) is 4.79 Å². The number of hydrogen-bond acceptors (Lipinski definition) is 2. The second kappa shape index (κ2) is 3.17. The Morgan fingerprint density at radius 3 is 2.38 bits per heavy atom. The first kappa shape index (κ1) is 9.72. The number of allylic oxidation sites excluding steroid dienone is 1. The fourth-order valence-corrected chi connectivity index (χ4v) is 0.889. The van der Waals surface area contributed by atoms with Gasteiger partial charge in [-0.05, 0) is 32.3 Å². The van der Waals surface area contributed by atoms with Crippen molar-refractivity contribution in [2.45, 2.75) is 32.2 Å². The number of hydrogen-bond donors (Lipinski definition) is 1. The molecule has 0 radical (unpaired) electrons. The second-order valence-corrected chi connectivity index (χ2v) is 3.46. The number of halogens is 1. The molecule has 0 bridgehead atoms.